The Bertz CT molecular complexity index is 1030. The Hall–Kier alpha value is -3.61. The van der Waals surface area contributed by atoms with Gasteiger partial charge in [0.15, 0.2) is 0 Å². The fourth-order valence-corrected chi connectivity index (χ4v) is 4.67. The van der Waals surface area contributed by atoms with Crippen molar-refractivity contribution in [2.75, 3.05) is 19.7 Å². The molecule has 0 radical (unpaired) electrons. The van der Waals surface area contributed by atoms with Crippen LogP contribution in [0.25, 0.3) is 11.1 Å². The van der Waals surface area contributed by atoms with Gasteiger partial charge >= 0.3 is 12.1 Å². The molecule has 2 aromatic carbocycles. The van der Waals surface area contributed by atoms with Crippen molar-refractivity contribution < 1.29 is 24.2 Å². The first-order valence-electron chi connectivity index (χ1n) is 11.3. The van der Waals surface area contributed by atoms with Crippen LogP contribution >= 0.6 is 0 Å². The summed E-state index contributed by atoms with van der Waals surface area (Å²) < 4.78 is 5.59. The van der Waals surface area contributed by atoms with Crippen molar-refractivity contribution in [3.05, 3.63) is 71.8 Å². The lowest BCUT2D eigenvalue weighted by molar-refractivity contribution is -0.139. The van der Waals surface area contributed by atoms with Gasteiger partial charge in [-0.05, 0) is 35.6 Å². The van der Waals surface area contributed by atoms with E-state index in [1.807, 2.05) is 31.2 Å². The minimum atomic E-state index is -0.932. The van der Waals surface area contributed by atoms with Crippen molar-refractivity contribution in [2.24, 2.45) is 5.92 Å². The Kier molecular flexibility index (Phi) is 6.77. The highest BCUT2D eigenvalue weighted by Gasteiger charge is 2.31. The number of nitrogens with one attached hydrogen (secondary N) is 1. The van der Waals surface area contributed by atoms with E-state index < -0.39 is 12.1 Å². The van der Waals surface area contributed by atoms with Crippen LogP contribution in [0.4, 0.5) is 4.79 Å². The number of benzene rings is 2. The Morgan fingerprint density at radius 2 is 1.67 bits per heavy atom. The van der Waals surface area contributed by atoms with Crippen LogP contribution in [0.15, 0.2) is 60.7 Å². The number of carboxylic acids is 1. The molecule has 2 amide bonds. The summed E-state index contributed by atoms with van der Waals surface area (Å²) in [5.74, 6) is -1.44. The van der Waals surface area contributed by atoms with Crippen LogP contribution in [-0.2, 0) is 14.3 Å². The first-order chi connectivity index (χ1) is 16.0. The molecule has 2 unspecified atom stereocenters. The quantitative estimate of drug-likeness (QED) is 0.599. The minimum absolute atomic E-state index is 0.0102. The molecule has 2 N–H and O–H groups in total. The number of aliphatic carboxylic acids is 1. The molecule has 0 bridgehead atoms. The van der Waals surface area contributed by atoms with E-state index in [9.17, 15) is 14.4 Å². The molecule has 172 valence electrons. The Labute approximate surface area is 193 Å². The highest BCUT2D eigenvalue weighted by molar-refractivity contribution is 5.82. The number of alkyl carbamates (subject to hydrolysis) is 1. The molecular weight excluding hydrogens is 420 g/mol. The first kappa shape index (κ1) is 22.6. The third-order valence-corrected chi connectivity index (χ3v) is 6.34. The highest BCUT2D eigenvalue weighted by atomic mass is 16.5. The molecule has 2 atom stereocenters. The van der Waals surface area contributed by atoms with E-state index in [2.05, 4.69) is 29.6 Å². The van der Waals surface area contributed by atoms with Crippen molar-refractivity contribution in [3.8, 4) is 11.1 Å². The van der Waals surface area contributed by atoms with Gasteiger partial charge in [0.2, 0.25) is 5.91 Å². The standard InChI is InChI=1S/C26H28N2O5/c1-2-28(14-13-24(29)30)25(31)17-11-12-18(15-17)27-26(32)33-16-23-21-9-5-3-7-19(21)20-8-4-6-10-22(20)23/h3-12,17-18,23H,2,13-16H2,1H3,(H,27,32)(H,29,30). The summed E-state index contributed by atoms with van der Waals surface area (Å²) in [6, 6.07) is 16.0. The second-order valence-electron chi connectivity index (χ2n) is 8.37. The number of ether oxygens (including phenoxy) is 1. The molecule has 0 saturated carbocycles. The summed E-state index contributed by atoms with van der Waals surface area (Å²) in [6.45, 7) is 2.68. The van der Waals surface area contributed by atoms with Gasteiger partial charge in [-0.2, -0.15) is 0 Å². The number of carbonyl (C=O) groups excluding carboxylic acids is 2. The molecule has 2 aromatic rings. The number of rotatable bonds is 8. The molecule has 2 aliphatic rings. The largest absolute Gasteiger partial charge is 0.481 e. The van der Waals surface area contributed by atoms with Crippen molar-refractivity contribution in [1.82, 2.24) is 10.2 Å². The summed E-state index contributed by atoms with van der Waals surface area (Å²) in [6.07, 6.45) is 3.41. The van der Waals surface area contributed by atoms with Gasteiger partial charge in [0, 0.05) is 19.0 Å². The molecule has 7 nitrogen and oxygen atoms in total. The zero-order valence-electron chi connectivity index (χ0n) is 18.6. The molecule has 4 rings (SSSR count). The van der Waals surface area contributed by atoms with Crippen LogP contribution in [0, 0.1) is 5.92 Å². The van der Waals surface area contributed by atoms with Gasteiger partial charge in [0.25, 0.3) is 0 Å². The van der Waals surface area contributed by atoms with Gasteiger partial charge in [0.1, 0.15) is 6.61 Å². The van der Waals surface area contributed by atoms with Crippen molar-refractivity contribution in [3.63, 3.8) is 0 Å². The topological polar surface area (TPSA) is 95.9 Å². The number of hydrogen-bond donors (Lipinski definition) is 2. The van der Waals surface area contributed by atoms with E-state index in [0.717, 1.165) is 11.1 Å². The second kappa shape index (κ2) is 9.90. The predicted octanol–water partition coefficient (Wildman–Crippen LogP) is 3.79. The Morgan fingerprint density at radius 3 is 2.27 bits per heavy atom. The van der Waals surface area contributed by atoms with Gasteiger partial charge in [-0.25, -0.2) is 4.79 Å². The SMILES string of the molecule is CCN(CCC(=O)O)C(=O)C1C=CC(NC(=O)OCC2c3ccccc3-c3ccccc32)C1. The summed E-state index contributed by atoms with van der Waals surface area (Å²) >= 11 is 0. The molecule has 0 heterocycles. The molecule has 0 saturated heterocycles. The summed E-state index contributed by atoms with van der Waals surface area (Å²) in [5, 5.41) is 11.7. The van der Waals surface area contributed by atoms with Crippen LogP contribution in [0.3, 0.4) is 0 Å². The maximum absolute atomic E-state index is 12.7. The number of carbonyl (C=O) groups is 3. The van der Waals surface area contributed by atoms with E-state index in [0.29, 0.717) is 13.0 Å². The average Bonchev–Trinajstić information content (AvgIpc) is 3.40. The smallest absolute Gasteiger partial charge is 0.407 e. The fourth-order valence-electron chi connectivity index (χ4n) is 4.67. The molecule has 0 aromatic heterocycles. The summed E-state index contributed by atoms with van der Waals surface area (Å²) in [5.41, 5.74) is 4.65. The van der Waals surface area contributed by atoms with Gasteiger partial charge in [0.05, 0.1) is 18.4 Å². The van der Waals surface area contributed by atoms with Gasteiger partial charge in [-0.3, -0.25) is 9.59 Å². The normalized spacial score (nSPS) is 18.5. The Balaban J connectivity index is 1.30. The number of fused-ring (bicyclic) bond motifs is 3. The number of carboxylic acid groups (broad SMARTS) is 1. The zero-order chi connectivity index (χ0) is 23.4. The molecule has 0 aliphatic heterocycles. The molecule has 7 heteroatoms. The lowest BCUT2D eigenvalue weighted by Gasteiger charge is -2.23. The van der Waals surface area contributed by atoms with Crippen LogP contribution < -0.4 is 5.32 Å². The van der Waals surface area contributed by atoms with Crippen LogP contribution in [-0.4, -0.2) is 53.7 Å². The van der Waals surface area contributed by atoms with Crippen LogP contribution in [0.1, 0.15) is 36.8 Å². The molecule has 33 heavy (non-hydrogen) atoms. The zero-order valence-corrected chi connectivity index (χ0v) is 18.6. The van der Waals surface area contributed by atoms with Crippen LogP contribution in [0.5, 0.6) is 0 Å². The lowest BCUT2D eigenvalue weighted by Crippen LogP contribution is -2.39. The van der Waals surface area contributed by atoms with E-state index in [1.54, 1.807) is 17.1 Å². The number of amides is 2. The van der Waals surface area contributed by atoms with E-state index in [4.69, 9.17) is 9.84 Å². The second-order valence-corrected chi connectivity index (χ2v) is 8.37. The minimum Gasteiger partial charge on any atom is -0.481 e. The van der Waals surface area contributed by atoms with Crippen LogP contribution in [0.2, 0.25) is 0 Å². The van der Waals surface area contributed by atoms with Gasteiger partial charge in [-0.1, -0.05) is 60.7 Å². The van der Waals surface area contributed by atoms with E-state index in [1.165, 1.54) is 11.1 Å². The van der Waals surface area contributed by atoms with Gasteiger partial charge < -0.3 is 20.1 Å². The monoisotopic (exact) mass is 448 g/mol. The maximum Gasteiger partial charge on any atom is 0.407 e. The summed E-state index contributed by atoms with van der Waals surface area (Å²) in [7, 11) is 0. The molecule has 0 spiro atoms. The van der Waals surface area contributed by atoms with Crippen molar-refractivity contribution in [2.45, 2.75) is 31.7 Å². The highest BCUT2D eigenvalue weighted by Crippen LogP contribution is 2.44. The van der Waals surface area contributed by atoms with Gasteiger partial charge in [-0.15, -0.1) is 0 Å². The molecule has 0 fully saturated rings. The predicted molar refractivity (Wildman–Crippen MR) is 124 cm³/mol. The fraction of sp³-hybridized carbons (Fsp3) is 0.346. The number of nitrogens with zero attached hydrogens (tertiary/aromatic N) is 1. The lowest BCUT2D eigenvalue weighted by atomic mass is 9.98. The average molecular weight is 449 g/mol. The molecule has 2 aliphatic carbocycles. The van der Waals surface area contributed by atoms with E-state index in [-0.39, 0.29) is 43.4 Å². The van der Waals surface area contributed by atoms with E-state index >= 15 is 0 Å². The summed E-state index contributed by atoms with van der Waals surface area (Å²) in [4.78, 5) is 37.5. The van der Waals surface area contributed by atoms with Crippen molar-refractivity contribution in [1.29, 1.82) is 0 Å². The third-order valence-electron chi connectivity index (χ3n) is 6.34. The maximum atomic E-state index is 12.7. The van der Waals surface area contributed by atoms with Crippen molar-refractivity contribution >= 4 is 18.0 Å². The third kappa shape index (κ3) is 4.92. The Morgan fingerprint density at radius 1 is 1.03 bits per heavy atom. The number of hydrogen-bond acceptors (Lipinski definition) is 4. The first-order valence-corrected chi connectivity index (χ1v) is 11.3. The molecular formula is C26H28N2O5.